The molecule has 0 radical (unpaired) electrons. The van der Waals surface area contributed by atoms with Crippen molar-refractivity contribution in [3.8, 4) is 0 Å². The topological polar surface area (TPSA) is 55.9 Å². The first-order chi connectivity index (χ1) is 8.99. The highest BCUT2D eigenvalue weighted by Gasteiger charge is 2.15. The number of nitrogen functional groups attached to an aromatic ring is 1. The fourth-order valence-corrected chi connectivity index (χ4v) is 2.09. The zero-order valence-electron chi connectivity index (χ0n) is 12.1. The summed E-state index contributed by atoms with van der Waals surface area (Å²) in [5, 5.41) is 7.83. The molecule has 0 amide bonds. The zero-order chi connectivity index (χ0) is 14.0. The summed E-state index contributed by atoms with van der Waals surface area (Å²) in [6.45, 7) is 7.04. The quantitative estimate of drug-likeness (QED) is 0.886. The summed E-state index contributed by atoms with van der Waals surface area (Å²) in [5.41, 5.74) is 10.4. The van der Waals surface area contributed by atoms with Gasteiger partial charge >= 0.3 is 0 Å². The number of aromatic nitrogens is 2. The Kier molecular flexibility index (Phi) is 3.79. The van der Waals surface area contributed by atoms with Gasteiger partial charge in [-0.15, -0.1) is 0 Å². The Morgan fingerprint density at radius 1 is 1.26 bits per heavy atom. The van der Waals surface area contributed by atoms with Crippen molar-refractivity contribution in [1.82, 2.24) is 9.78 Å². The predicted octanol–water partition coefficient (Wildman–Crippen LogP) is 3.05. The molecule has 0 aliphatic rings. The van der Waals surface area contributed by atoms with E-state index in [9.17, 15) is 0 Å². The summed E-state index contributed by atoms with van der Waals surface area (Å²) in [6, 6.07) is 8.48. The lowest BCUT2D eigenvalue weighted by Gasteiger charge is -2.08. The highest BCUT2D eigenvalue weighted by Crippen LogP contribution is 2.27. The van der Waals surface area contributed by atoms with Crippen LogP contribution in [0.25, 0.3) is 0 Å². The number of benzene rings is 1. The van der Waals surface area contributed by atoms with E-state index in [1.807, 2.05) is 11.7 Å². The number of rotatable bonds is 4. The van der Waals surface area contributed by atoms with Crippen LogP contribution in [0.2, 0.25) is 0 Å². The highest BCUT2D eigenvalue weighted by molar-refractivity contribution is 5.65. The van der Waals surface area contributed by atoms with Crippen LogP contribution >= 0.6 is 0 Å². The summed E-state index contributed by atoms with van der Waals surface area (Å²) < 4.78 is 1.82. The molecule has 0 aliphatic carbocycles. The molecule has 102 valence electrons. The molecule has 0 unspecified atom stereocenters. The van der Waals surface area contributed by atoms with Crippen molar-refractivity contribution in [3.05, 3.63) is 41.1 Å². The first-order valence-corrected chi connectivity index (χ1v) is 6.60. The average molecular weight is 258 g/mol. The molecule has 0 bridgehead atoms. The third-order valence-corrected chi connectivity index (χ3v) is 3.24. The Hall–Kier alpha value is -1.97. The monoisotopic (exact) mass is 258 g/mol. The number of hydrogen-bond donors (Lipinski definition) is 2. The fraction of sp³-hybridized carbons (Fsp3) is 0.400. The number of hydrogen-bond acceptors (Lipinski definition) is 3. The molecule has 2 aromatic rings. The van der Waals surface area contributed by atoms with E-state index in [2.05, 4.69) is 55.5 Å². The average Bonchev–Trinajstić information content (AvgIpc) is 2.65. The van der Waals surface area contributed by atoms with Crippen molar-refractivity contribution in [3.63, 3.8) is 0 Å². The van der Waals surface area contributed by atoms with Crippen LogP contribution in [-0.2, 0) is 13.6 Å². The Balaban J connectivity index is 2.13. The molecular formula is C15H22N4. The standard InChI is InChI=1S/C15H22N4/c1-10(2)14-13(16)15(19(4)18-14)17-9-12-7-5-11(3)6-8-12/h5-8,10,17H,9,16H2,1-4H3. The van der Waals surface area contributed by atoms with Gasteiger partial charge in [0, 0.05) is 13.6 Å². The van der Waals surface area contributed by atoms with Gasteiger partial charge in [-0.25, -0.2) is 0 Å². The first kappa shape index (κ1) is 13.5. The van der Waals surface area contributed by atoms with Crippen LogP contribution in [0.3, 0.4) is 0 Å². The zero-order valence-corrected chi connectivity index (χ0v) is 12.1. The second-order valence-corrected chi connectivity index (χ2v) is 5.26. The van der Waals surface area contributed by atoms with Crippen LogP contribution in [0.15, 0.2) is 24.3 Å². The van der Waals surface area contributed by atoms with Gasteiger partial charge in [0.1, 0.15) is 5.82 Å². The minimum Gasteiger partial charge on any atom is -0.394 e. The smallest absolute Gasteiger partial charge is 0.148 e. The van der Waals surface area contributed by atoms with E-state index >= 15 is 0 Å². The van der Waals surface area contributed by atoms with Crippen LogP contribution in [0.5, 0.6) is 0 Å². The number of nitrogens with one attached hydrogen (secondary N) is 1. The SMILES string of the molecule is Cc1ccc(CNc2c(N)c(C(C)C)nn2C)cc1. The van der Waals surface area contributed by atoms with Gasteiger partial charge in [0.2, 0.25) is 0 Å². The Bertz CT molecular complexity index is 552. The first-order valence-electron chi connectivity index (χ1n) is 6.60. The summed E-state index contributed by atoms with van der Waals surface area (Å²) in [5.74, 6) is 1.23. The third kappa shape index (κ3) is 2.89. The van der Waals surface area contributed by atoms with Crippen molar-refractivity contribution in [1.29, 1.82) is 0 Å². The van der Waals surface area contributed by atoms with Crippen LogP contribution in [0.1, 0.15) is 36.6 Å². The van der Waals surface area contributed by atoms with Gasteiger partial charge in [-0.2, -0.15) is 5.10 Å². The molecule has 19 heavy (non-hydrogen) atoms. The molecule has 3 N–H and O–H groups in total. The second kappa shape index (κ2) is 5.34. The van der Waals surface area contributed by atoms with E-state index in [4.69, 9.17) is 5.73 Å². The summed E-state index contributed by atoms with van der Waals surface area (Å²) >= 11 is 0. The van der Waals surface area contributed by atoms with Crippen molar-refractivity contribution < 1.29 is 0 Å². The van der Waals surface area contributed by atoms with Crippen LogP contribution in [0.4, 0.5) is 11.5 Å². The molecule has 2 rings (SSSR count). The van der Waals surface area contributed by atoms with Gasteiger partial charge in [0.25, 0.3) is 0 Å². The van der Waals surface area contributed by atoms with E-state index in [-0.39, 0.29) is 0 Å². The third-order valence-electron chi connectivity index (χ3n) is 3.24. The van der Waals surface area contributed by atoms with E-state index in [1.54, 1.807) is 0 Å². The minimum atomic E-state index is 0.334. The molecule has 0 atom stereocenters. The lowest BCUT2D eigenvalue weighted by molar-refractivity contribution is 0.715. The van der Waals surface area contributed by atoms with Gasteiger partial charge in [0.05, 0.1) is 11.4 Å². The van der Waals surface area contributed by atoms with Crippen molar-refractivity contribution >= 4 is 11.5 Å². The van der Waals surface area contributed by atoms with Crippen LogP contribution in [0, 0.1) is 6.92 Å². The van der Waals surface area contributed by atoms with Gasteiger partial charge in [-0.3, -0.25) is 4.68 Å². The largest absolute Gasteiger partial charge is 0.394 e. The molecule has 0 saturated heterocycles. The van der Waals surface area contributed by atoms with E-state index in [0.29, 0.717) is 5.92 Å². The number of anilines is 2. The molecule has 1 aromatic heterocycles. The van der Waals surface area contributed by atoms with E-state index in [1.165, 1.54) is 11.1 Å². The van der Waals surface area contributed by atoms with Crippen molar-refractivity contribution in [2.24, 2.45) is 7.05 Å². The number of nitrogens with two attached hydrogens (primary N) is 1. The maximum absolute atomic E-state index is 6.15. The molecule has 0 spiro atoms. The number of nitrogens with zero attached hydrogens (tertiary/aromatic N) is 2. The summed E-state index contributed by atoms with van der Waals surface area (Å²) in [4.78, 5) is 0. The molecular weight excluding hydrogens is 236 g/mol. The Morgan fingerprint density at radius 2 is 1.89 bits per heavy atom. The van der Waals surface area contributed by atoms with Gasteiger partial charge < -0.3 is 11.1 Å². The second-order valence-electron chi connectivity index (χ2n) is 5.26. The lowest BCUT2D eigenvalue weighted by Crippen LogP contribution is -2.06. The molecule has 4 heteroatoms. The molecule has 4 nitrogen and oxygen atoms in total. The minimum absolute atomic E-state index is 0.334. The van der Waals surface area contributed by atoms with Gasteiger partial charge in [-0.1, -0.05) is 43.7 Å². The van der Waals surface area contributed by atoms with Gasteiger partial charge in [-0.05, 0) is 18.4 Å². The van der Waals surface area contributed by atoms with E-state index < -0.39 is 0 Å². The Morgan fingerprint density at radius 3 is 2.42 bits per heavy atom. The summed E-state index contributed by atoms with van der Waals surface area (Å²) in [6.07, 6.45) is 0. The molecule has 1 aromatic carbocycles. The van der Waals surface area contributed by atoms with Crippen LogP contribution in [-0.4, -0.2) is 9.78 Å². The normalized spacial score (nSPS) is 11.0. The maximum atomic E-state index is 6.15. The van der Waals surface area contributed by atoms with Crippen molar-refractivity contribution in [2.45, 2.75) is 33.2 Å². The fourth-order valence-electron chi connectivity index (χ4n) is 2.09. The van der Waals surface area contributed by atoms with Gasteiger partial charge in [0.15, 0.2) is 0 Å². The maximum Gasteiger partial charge on any atom is 0.148 e. The lowest BCUT2D eigenvalue weighted by atomic mass is 10.1. The Labute approximate surface area is 114 Å². The van der Waals surface area contributed by atoms with Crippen LogP contribution < -0.4 is 11.1 Å². The molecule has 1 heterocycles. The van der Waals surface area contributed by atoms with Crippen molar-refractivity contribution in [2.75, 3.05) is 11.1 Å². The number of aryl methyl sites for hydroxylation is 2. The highest BCUT2D eigenvalue weighted by atomic mass is 15.3. The summed E-state index contributed by atoms with van der Waals surface area (Å²) in [7, 11) is 1.92. The predicted molar refractivity (Wildman–Crippen MR) is 80.2 cm³/mol. The van der Waals surface area contributed by atoms with E-state index in [0.717, 1.165) is 23.7 Å². The molecule has 0 aliphatic heterocycles. The molecule has 0 saturated carbocycles. The molecule has 0 fully saturated rings.